The quantitative estimate of drug-likeness (QED) is 0.387. The van der Waals surface area contributed by atoms with E-state index in [9.17, 15) is 9.59 Å². The predicted octanol–water partition coefficient (Wildman–Crippen LogP) is 4.06. The van der Waals surface area contributed by atoms with Gasteiger partial charge in [0.2, 0.25) is 5.89 Å². The largest absolute Gasteiger partial charge is 0.492 e. The first-order valence-electron chi connectivity index (χ1n) is 8.94. The van der Waals surface area contributed by atoms with Gasteiger partial charge in [-0.3, -0.25) is 9.59 Å². The van der Waals surface area contributed by atoms with E-state index in [1.165, 1.54) is 0 Å². The van der Waals surface area contributed by atoms with Crippen molar-refractivity contribution in [3.05, 3.63) is 53.6 Å². The van der Waals surface area contributed by atoms with Gasteiger partial charge in [0.05, 0.1) is 12.3 Å². The molecule has 0 saturated heterocycles. The van der Waals surface area contributed by atoms with E-state index in [1.54, 1.807) is 48.5 Å². The third kappa shape index (κ3) is 6.23. The molecule has 10 heteroatoms. The molecule has 0 atom stereocenters. The highest BCUT2D eigenvalue weighted by Gasteiger charge is 2.14. The van der Waals surface area contributed by atoms with Crippen LogP contribution in [0.5, 0.6) is 5.75 Å². The summed E-state index contributed by atoms with van der Waals surface area (Å²) in [6.45, 7) is 1.90. The number of halogens is 1. The van der Waals surface area contributed by atoms with Crippen LogP contribution in [0.3, 0.4) is 0 Å². The number of anilines is 1. The molecule has 0 bridgehead atoms. The van der Waals surface area contributed by atoms with Crippen LogP contribution in [0.2, 0.25) is 5.02 Å². The first-order chi connectivity index (χ1) is 14.5. The van der Waals surface area contributed by atoms with Gasteiger partial charge in [-0.1, -0.05) is 35.5 Å². The Labute approximate surface area is 181 Å². The number of para-hydroxylation sites is 2. The molecule has 1 amide bonds. The molecule has 2 aromatic carbocycles. The van der Waals surface area contributed by atoms with Gasteiger partial charge in [-0.2, -0.15) is 0 Å². The van der Waals surface area contributed by atoms with Crippen LogP contribution in [0, 0.1) is 0 Å². The summed E-state index contributed by atoms with van der Waals surface area (Å²) in [5.41, 5.74) is 1.22. The van der Waals surface area contributed by atoms with Crippen LogP contribution in [-0.4, -0.2) is 41.0 Å². The maximum atomic E-state index is 12.0. The fraction of sp³-hybridized carbons (Fsp3) is 0.200. The predicted molar refractivity (Wildman–Crippen MR) is 113 cm³/mol. The minimum absolute atomic E-state index is 0.0783. The highest BCUT2D eigenvalue weighted by molar-refractivity contribution is 7.99. The molecule has 0 fully saturated rings. The standard InChI is InChI=1S/C20H18ClN3O5S/c1-2-27-16-6-4-3-5-15(16)22-17(25)11-28-18(26)12-30-20-24-23-19(29-20)13-7-9-14(21)10-8-13/h3-10H,2,11-12H2,1H3,(H,22,25). The molecule has 0 radical (unpaired) electrons. The number of hydrogen-bond donors (Lipinski definition) is 1. The number of nitrogens with one attached hydrogen (secondary N) is 1. The number of thioether (sulfide) groups is 1. The molecule has 8 nitrogen and oxygen atoms in total. The third-order valence-corrected chi connectivity index (χ3v) is 4.68. The Hall–Kier alpha value is -3.04. The zero-order chi connectivity index (χ0) is 21.3. The minimum Gasteiger partial charge on any atom is -0.492 e. The summed E-state index contributed by atoms with van der Waals surface area (Å²) in [6.07, 6.45) is 0. The second-order valence-electron chi connectivity index (χ2n) is 5.81. The van der Waals surface area contributed by atoms with E-state index in [1.807, 2.05) is 6.92 Å². The van der Waals surface area contributed by atoms with Crippen LogP contribution < -0.4 is 10.1 Å². The molecule has 1 N–H and O–H groups in total. The van der Waals surface area contributed by atoms with Gasteiger partial charge < -0.3 is 19.2 Å². The average molecular weight is 448 g/mol. The molecule has 1 heterocycles. The number of rotatable bonds is 9. The van der Waals surface area contributed by atoms with Crippen LogP contribution in [0.1, 0.15) is 6.92 Å². The Morgan fingerprint density at radius 1 is 1.13 bits per heavy atom. The summed E-state index contributed by atoms with van der Waals surface area (Å²) < 4.78 is 15.9. The smallest absolute Gasteiger partial charge is 0.316 e. The van der Waals surface area contributed by atoms with Gasteiger partial charge in [-0.25, -0.2) is 0 Å². The topological polar surface area (TPSA) is 104 Å². The van der Waals surface area contributed by atoms with Crippen molar-refractivity contribution in [1.29, 1.82) is 0 Å². The van der Waals surface area contributed by atoms with Crippen molar-refractivity contribution < 1.29 is 23.5 Å². The molecule has 0 aliphatic heterocycles. The van der Waals surface area contributed by atoms with Crippen molar-refractivity contribution in [1.82, 2.24) is 10.2 Å². The van der Waals surface area contributed by atoms with Crippen molar-refractivity contribution in [3.8, 4) is 17.2 Å². The molecule has 0 saturated carbocycles. The van der Waals surface area contributed by atoms with Gasteiger partial charge in [0, 0.05) is 10.6 Å². The second kappa shape index (κ2) is 10.7. The molecular weight excluding hydrogens is 430 g/mol. The Kier molecular flexibility index (Phi) is 7.69. The monoisotopic (exact) mass is 447 g/mol. The van der Waals surface area contributed by atoms with Crippen LogP contribution in [0.15, 0.2) is 58.2 Å². The first-order valence-corrected chi connectivity index (χ1v) is 10.3. The molecule has 0 unspecified atom stereocenters. The lowest BCUT2D eigenvalue weighted by Crippen LogP contribution is -2.22. The molecule has 30 heavy (non-hydrogen) atoms. The SMILES string of the molecule is CCOc1ccccc1NC(=O)COC(=O)CSc1nnc(-c2ccc(Cl)cc2)o1. The molecule has 0 aliphatic carbocycles. The van der Waals surface area contributed by atoms with E-state index < -0.39 is 18.5 Å². The minimum atomic E-state index is -0.584. The molecule has 0 spiro atoms. The number of ether oxygens (including phenoxy) is 2. The van der Waals surface area contributed by atoms with E-state index in [2.05, 4.69) is 15.5 Å². The van der Waals surface area contributed by atoms with Gasteiger partial charge in [-0.05, 0) is 43.3 Å². The van der Waals surface area contributed by atoms with Crippen LogP contribution in [0.25, 0.3) is 11.5 Å². The number of hydrogen-bond acceptors (Lipinski definition) is 8. The number of carbonyl (C=O) groups is 2. The van der Waals surface area contributed by atoms with E-state index in [-0.39, 0.29) is 11.0 Å². The highest BCUT2D eigenvalue weighted by atomic mass is 35.5. The van der Waals surface area contributed by atoms with Gasteiger partial charge >= 0.3 is 5.97 Å². The van der Waals surface area contributed by atoms with E-state index in [0.717, 1.165) is 11.8 Å². The van der Waals surface area contributed by atoms with Crippen LogP contribution in [0.4, 0.5) is 5.69 Å². The zero-order valence-electron chi connectivity index (χ0n) is 16.0. The summed E-state index contributed by atoms with van der Waals surface area (Å²) in [6, 6.07) is 13.9. The van der Waals surface area contributed by atoms with Crippen molar-refractivity contribution in [2.24, 2.45) is 0 Å². The number of nitrogens with zero attached hydrogens (tertiary/aromatic N) is 2. The van der Waals surface area contributed by atoms with Crippen molar-refractivity contribution in [2.45, 2.75) is 12.1 Å². The number of benzene rings is 2. The molecule has 1 aromatic heterocycles. The summed E-state index contributed by atoms with van der Waals surface area (Å²) in [7, 11) is 0. The fourth-order valence-electron chi connectivity index (χ4n) is 2.32. The average Bonchev–Trinajstić information content (AvgIpc) is 3.22. The summed E-state index contributed by atoms with van der Waals surface area (Å²) in [4.78, 5) is 23.9. The number of aromatic nitrogens is 2. The number of carbonyl (C=O) groups excluding carboxylic acids is 2. The normalized spacial score (nSPS) is 10.5. The second-order valence-corrected chi connectivity index (χ2v) is 7.17. The fourth-order valence-corrected chi connectivity index (χ4v) is 3.01. The molecular formula is C20H18ClN3O5S. The lowest BCUT2D eigenvalue weighted by atomic mass is 10.2. The van der Waals surface area contributed by atoms with Crippen LogP contribution in [-0.2, 0) is 14.3 Å². The Morgan fingerprint density at radius 3 is 2.67 bits per heavy atom. The van der Waals surface area contributed by atoms with Gasteiger partial charge in [0.1, 0.15) is 11.5 Å². The molecule has 0 aliphatic rings. The molecule has 3 rings (SSSR count). The summed E-state index contributed by atoms with van der Waals surface area (Å²) in [5, 5.41) is 11.3. The Morgan fingerprint density at radius 2 is 1.90 bits per heavy atom. The zero-order valence-corrected chi connectivity index (χ0v) is 17.5. The van der Waals surface area contributed by atoms with E-state index in [0.29, 0.717) is 34.5 Å². The van der Waals surface area contributed by atoms with Crippen LogP contribution >= 0.6 is 23.4 Å². The summed E-state index contributed by atoms with van der Waals surface area (Å²) >= 11 is 6.87. The van der Waals surface area contributed by atoms with Gasteiger partial charge in [0.15, 0.2) is 6.61 Å². The van der Waals surface area contributed by atoms with Gasteiger partial charge in [-0.15, -0.1) is 10.2 Å². The maximum Gasteiger partial charge on any atom is 0.316 e. The van der Waals surface area contributed by atoms with E-state index in [4.69, 9.17) is 25.5 Å². The summed E-state index contributed by atoms with van der Waals surface area (Å²) in [5.74, 6) is -0.272. The lowest BCUT2D eigenvalue weighted by Gasteiger charge is -2.11. The maximum absolute atomic E-state index is 12.0. The lowest BCUT2D eigenvalue weighted by molar-refractivity contribution is -0.144. The van der Waals surface area contributed by atoms with Crippen molar-refractivity contribution in [3.63, 3.8) is 0 Å². The first kappa shape index (κ1) is 21.7. The Balaban J connectivity index is 1.44. The van der Waals surface area contributed by atoms with Crippen molar-refractivity contribution in [2.75, 3.05) is 24.3 Å². The number of amides is 1. The highest BCUT2D eigenvalue weighted by Crippen LogP contribution is 2.25. The Bertz CT molecular complexity index is 1010. The van der Waals surface area contributed by atoms with Gasteiger partial charge in [0.25, 0.3) is 11.1 Å². The van der Waals surface area contributed by atoms with E-state index >= 15 is 0 Å². The van der Waals surface area contributed by atoms with Crippen molar-refractivity contribution >= 4 is 40.9 Å². The molecule has 156 valence electrons. The molecule has 3 aromatic rings. The third-order valence-electron chi connectivity index (χ3n) is 3.64. The number of esters is 1.